The first-order valence-electron chi connectivity index (χ1n) is 6.78. The number of nitro groups is 1. The Morgan fingerprint density at radius 1 is 1.24 bits per heavy atom. The van der Waals surface area contributed by atoms with Gasteiger partial charge in [-0.15, -0.1) is 0 Å². The van der Waals surface area contributed by atoms with Gasteiger partial charge in [-0.1, -0.05) is 31.2 Å². The number of pyridine rings is 1. The molecule has 0 bridgehead atoms. The van der Waals surface area contributed by atoms with Crippen LogP contribution in [0, 0.1) is 10.1 Å². The molecular formula is C16H14N2O3. The highest BCUT2D eigenvalue weighted by molar-refractivity contribution is 5.78. The zero-order valence-electron chi connectivity index (χ0n) is 11.5. The van der Waals surface area contributed by atoms with Crippen molar-refractivity contribution in [3.8, 4) is 0 Å². The lowest BCUT2D eigenvalue weighted by atomic mass is 9.97. The molecule has 21 heavy (non-hydrogen) atoms. The summed E-state index contributed by atoms with van der Waals surface area (Å²) in [5.41, 5.74) is 1.67. The van der Waals surface area contributed by atoms with Crippen molar-refractivity contribution in [2.24, 2.45) is 0 Å². The van der Waals surface area contributed by atoms with E-state index in [9.17, 15) is 10.1 Å². The molecule has 0 aliphatic rings. The molecule has 0 aliphatic heterocycles. The normalized spacial score (nSPS) is 12.4. The number of furan rings is 1. The monoisotopic (exact) mass is 282 g/mol. The Bertz CT molecular complexity index is 795. The van der Waals surface area contributed by atoms with E-state index in [2.05, 4.69) is 4.98 Å². The Morgan fingerprint density at radius 3 is 2.81 bits per heavy atom. The topological polar surface area (TPSA) is 69.2 Å². The summed E-state index contributed by atoms with van der Waals surface area (Å²) in [7, 11) is 0. The fraction of sp³-hybridized carbons (Fsp3) is 0.188. The minimum Gasteiger partial charge on any atom is -0.461 e. The van der Waals surface area contributed by atoms with Gasteiger partial charge < -0.3 is 4.42 Å². The van der Waals surface area contributed by atoms with Gasteiger partial charge >= 0.3 is 5.69 Å². The van der Waals surface area contributed by atoms with E-state index >= 15 is 0 Å². The Labute approximate surface area is 121 Å². The number of nitrogens with zero attached hydrogens (tertiary/aromatic N) is 2. The summed E-state index contributed by atoms with van der Waals surface area (Å²) in [4.78, 5) is 15.3. The van der Waals surface area contributed by atoms with Crippen molar-refractivity contribution in [3.63, 3.8) is 0 Å². The first kappa shape index (κ1) is 13.3. The maximum atomic E-state index is 11.1. The van der Waals surface area contributed by atoms with Crippen LogP contribution in [0.4, 0.5) is 5.69 Å². The summed E-state index contributed by atoms with van der Waals surface area (Å²) in [6, 6.07) is 13.1. The number of aromatic nitrogens is 1. The SMILES string of the molecule is CCC(c1ccc2ccccc2n1)c1occc1[N+](=O)[O-]. The van der Waals surface area contributed by atoms with Crippen LogP contribution in [0.3, 0.4) is 0 Å². The highest BCUT2D eigenvalue weighted by atomic mass is 16.6. The first-order chi connectivity index (χ1) is 10.2. The highest BCUT2D eigenvalue weighted by Crippen LogP contribution is 2.34. The number of fused-ring (bicyclic) bond motifs is 1. The molecule has 1 unspecified atom stereocenters. The summed E-state index contributed by atoms with van der Waals surface area (Å²) < 4.78 is 5.36. The smallest absolute Gasteiger partial charge is 0.311 e. The third-order valence-electron chi connectivity index (χ3n) is 3.57. The molecular weight excluding hydrogens is 268 g/mol. The van der Waals surface area contributed by atoms with E-state index in [-0.39, 0.29) is 11.6 Å². The summed E-state index contributed by atoms with van der Waals surface area (Å²) >= 11 is 0. The standard InChI is InChI=1S/C16H14N2O3/c1-2-12(16-15(18(19)20)9-10-21-16)14-8-7-11-5-3-4-6-13(11)17-14/h3-10,12H,2H2,1H3. The predicted octanol–water partition coefficient (Wildman–Crippen LogP) is 4.28. The molecule has 0 saturated heterocycles. The average Bonchev–Trinajstić information content (AvgIpc) is 2.97. The molecule has 2 aromatic heterocycles. The lowest BCUT2D eigenvalue weighted by molar-refractivity contribution is -0.386. The van der Waals surface area contributed by atoms with Crippen LogP contribution < -0.4 is 0 Å². The van der Waals surface area contributed by atoms with E-state index in [4.69, 9.17) is 4.42 Å². The average molecular weight is 282 g/mol. The van der Waals surface area contributed by atoms with Gasteiger partial charge in [-0.3, -0.25) is 15.1 Å². The van der Waals surface area contributed by atoms with E-state index in [0.717, 1.165) is 16.6 Å². The molecule has 2 heterocycles. The number of rotatable bonds is 4. The van der Waals surface area contributed by atoms with Crippen molar-refractivity contribution in [2.45, 2.75) is 19.3 Å². The Hall–Kier alpha value is -2.69. The molecule has 0 saturated carbocycles. The molecule has 0 N–H and O–H groups in total. The zero-order valence-corrected chi connectivity index (χ0v) is 11.5. The largest absolute Gasteiger partial charge is 0.461 e. The maximum Gasteiger partial charge on any atom is 0.311 e. The molecule has 106 valence electrons. The minimum absolute atomic E-state index is 0.0109. The molecule has 3 aromatic rings. The van der Waals surface area contributed by atoms with E-state index in [1.54, 1.807) is 0 Å². The van der Waals surface area contributed by atoms with Gasteiger partial charge in [0.1, 0.15) is 0 Å². The second kappa shape index (κ2) is 5.36. The van der Waals surface area contributed by atoms with Crippen LogP contribution in [0.25, 0.3) is 10.9 Å². The van der Waals surface area contributed by atoms with Gasteiger partial charge in [0, 0.05) is 5.39 Å². The predicted molar refractivity (Wildman–Crippen MR) is 79.2 cm³/mol. The van der Waals surface area contributed by atoms with Crippen molar-refractivity contribution in [3.05, 3.63) is 70.3 Å². The second-order valence-electron chi connectivity index (χ2n) is 4.82. The number of hydrogen-bond donors (Lipinski definition) is 0. The van der Waals surface area contributed by atoms with E-state index in [0.29, 0.717) is 12.2 Å². The van der Waals surface area contributed by atoms with Crippen LogP contribution in [-0.2, 0) is 0 Å². The molecule has 0 aliphatic carbocycles. The van der Waals surface area contributed by atoms with Gasteiger partial charge in [0.15, 0.2) is 5.76 Å². The van der Waals surface area contributed by atoms with E-state index in [1.807, 2.05) is 43.3 Å². The van der Waals surface area contributed by atoms with Gasteiger partial charge in [0.25, 0.3) is 0 Å². The molecule has 1 atom stereocenters. The summed E-state index contributed by atoms with van der Waals surface area (Å²) in [5, 5.41) is 12.1. The Morgan fingerprint density at radius 2 is 2.05 bits per heavy atom. The third-order valence-corrected chi connectivity index (χ3v) is 3.57. The van der Waals surface area contributed by atoms with Crippen LogP contribution in [0.1, 0.15) is 30.7 Å². The molecule has 5 nitrogen and oxygen atoms in total. The third kappa shape index (κ3) is 2.38. The van der Waals surface area contributed by atoms with Crippen LogP contribution in [0.15, 0.2) is 53.1 Å². The Kier molecular flexibility index (Phi) is 3.39. The fourth-order valence-corrected chi connectivity index (χ4v) is 2.53. The van der Waals surface area contributed by atoms with Crippen molar-refractivity contribution < 1.29 is 9.34 Å². The molecule has 0 radical (unpaired) electrons. The van der Waals surface area contributed by atoms with Crippen LogP contribution in [0.2, 0.25) is 0 Å². The molecule has 3 rings (SSSR count). The quantitative estimate of drug-likeness (QED) is 0.529. The minimum atomic E-state index is -0.414. The van der Waals surface area contributed by atoms with Gasteiger partial charge in [-0.25, -0.2) is 0 Å². The van der Waals surface area contributed by atoms with Crippen molar-refractivity contribution in [1.82, 2.24) is 4.98 Å². The van der Waals surface area contributed by atoms with Gasteiger partial charge in [-0.2, -0.15) is 0 Å². The van der Waals surface area contributed by atoms with E-state index in [1.165, 1.54) is 12.3 Å². The lowest BCUT2D eigenvalue weighted by Crippen LogP contribution is -2.04. The van der Waals surface area contributed by atoms with Crippen LogP contribution in [-0.4, -0.2) is 9.91 Å². The zero-order chi connectivity index (χ0) is 14.8. The summed E-state index contributed by atoms with van der Waals surface area (Å²) in [5.74, 6) is 0.148. The number of benzene rings is 1. The lowest BCUT2D eigenvalue weighted by Gasteiger charge is -2.12. The molecule has 0 spiro atoms. The summed E-state index contributed by atoms with van der Waals surface area (Å²) in [6.07, 6.45) is 2.04. The van der Waals surface area contributed by atoms with Gasteiger partial charge in [0.2, 0.25) is 0 Å². The Balaban J connectivity index is 2.09. The molecule has 0 amide bonds. The van der Waals surface area contributed by atoms with Gasteiger partial charge in [0.05, 0.1) is 34.4 Å². The second-order valence-corrected chi connectivity index (χ2v) is 4.82. The number of para-hydroxylation sites is 1. The van der Waals surface area contributed by atoms with Crippen LogP contribution >= 0.6 is 0 Å². The fourth-order valence-electron chi connectivity index (χ4n) is 2.53. The highest BCUT2D eigenvalue weighted by Gasteiger charge is 2.27. The van der Waals surface area contributed by atoms with Crippen molar-refractivity contribution >= 4 is 16.6 Å². The van der Waals surface area contributed by atoms with Gasteiger partial charge in [-0.05, 0) is 18.6 Å². The van der Waals surface area contributed by atoms with Crippen molar-refractivity contribution in [1.29, 1.82) is 0 Å². The molecule has 1 aromatic carbocycles. The van der Waals surface area contributed by atoms with E-state index < -0.39 is 4.92 Å². The summed E-state index contributed by atoms with van der Waals surface area (Å²) in [6.45, 7) is 1.97. The maximum absolute atomic E-state index is 11.1. The van der Waals surface area contributed by atoms with Crippen LogP contribution in [0.5, 0.6) is 0 Å². The molecule has 5 heteroatoms. The first-order valence-corrected chi connectivity index (χ1v) is 6.78. The van der Waals surface area contributed by atoms with Crippen molar-refractivity contribution in [2.75, 3.05) is 0 Å². The number of hydrogen-bond acceptors (Lipinski definition) is 4. The molecule has 0 fully saturated rings.